The third-order valence-corrected chi connectivity index (χ3v) is 6.41. The topological polar surface area (TPSA) is 45.1 Å². The summed E-state index contributed by atoms with van der Waals surface area (Å²) in [6.45, 7) is 3.67. The highest BCUT2D eigenvalue weighted by Gasteiger charge is 2.33. The summed E-state index contributed by atoms with van der Waals surface area (Å²) in [5.41, 5.74) is 1.42. The minimum atomic E-state index is -4.49. The summed E-state index contributed by atoms with van der Waals surface area (Å²) in [5, 5.41) is 0.395. The summed E-state index contributed by atoms with van der Waals surface area (Å²) in [4.78, 5) is 21.3. The smallest absolute Gasteiger partial charge is 0.416 e. The molecule has 0 aromatic heterocycles. The maximum Gasteiger partial charge on any atom is 0.416 e. The Morgan fingerprint density at radius 3 is 2.40 bits per heavy atom. The molecule has 0 N–H and O–H groups in total. The first-order chi connectivity index (χ1) is 16.7. The predicted molar refractivity (Wildman–Crippen MR) is 128 cm³/mol. The van der Waals surface area contributed by atoms with E-state index in [-0.39, 0.29) is 17.3 Å². The second-order valence-corrected chi connectivity index (χ2v) is 8.88. The Balaban J connectivity index is 1.47. The van der Waals surface area contributed by atoms with Gasteiger partial charge in [0.05, 0.1) is 21.7 Å². The van der Waals surface area contributed by atoms with Gasteiger partial charge in [-0.1, -0.05) is 35.4 Å². The van der Waals surface area contributed by atoms with Crippen LogP contribution in [0.4, 0.5) is 18.9 Å². The molecule has 0 unspecified atom stereocenters. The highest BCUT2D eigenvalue weighted by Crippen LogP contribution is 2.42. The fourth-order valence-corrected chi connectivity index (χ4v) is 4.45. The third kappa shape index (κ3) is 4.58. The zero-order chi connectivity index (χ0) is 24.7. The van der Waals surface area contributed by atoms with Crippen LogP contribution in [0.1, 0.15) is 27.0 Å². The fraction of sp³-hybridized carbons (Fsp3) is 0.231. The molecule has 0 spiro atoms. The molecule has 5 nitrogen and oxygen atoms in total. The van der Waals surface area contributed by atoms with E-state index in [1.165, 1.54) is 6.07 Å². The average Bonchev–Trinajstić information content (AvgIpc) is 2.99. The van der Waals surface area contributed by atoms with Crippen LogP contribution < -0.4 is 4.74 Å². The molecule has 5 rings (SSSR count). The maximum atomic E-state index is 13.4. The molecule has 0 bridgehead atoms. The van der Waals surface area contributed by atoms with E-state index in [2.05, 4.69) is 4.99 Å². The fourth-order valence-electron chi connectivity index (χ4n) is 4.24. The van der Waals surface area contributed by atoms with Crippen molar-refractivity contribution < 1.29 is 22.7 Å². The molecule has 0 saturated carbocycles. The number of alkyl halides is 3. The van der Waals surface area contributed by atoms with Crippen LogP contribution in [0.25, 0.3) is 0 Å². The molecule has 1 saturated heterocycles. The number of aliphatic imine (C=N–C) groups is 1. The largest absolute Gasteiger partial charge is 0.454 e. The number of fused-ring (bicyclic) bond motifs is 2. The van der Waals surface area contributed by atoms with Crippen molar-refractivity contribution in [1.29, 1.82) is 0 Å². The molecule has 0 atom stereocenters. The second kappa shape index (κ2) is 8.92. The van der Waals surface area contributed by atoms with Crippen LogP contribution >= 0.6 is 11.6 Å². The number of rotatable bonds is 1. The molecule has 2 heterocycles. The Morgan fingerprint density at radius 2 is 1.69 bits per heavy atom. The van der Waals surface area contributed by atoms with E-state index >= 15 is 0 Å². The Kier molecular flexibility index (Phi) is 5.92. The molecule has 2 aliphatic rings. The van der Waals surface area contributed by atoms with Crippen molar-refractivity contribution in [3.05, 3.63) is 87.9 Å². The Hall–Kier alpha value is -3.52. The Morgan fingerprint density at radius 1 is 0.971 bits per heavy atom. The summed E-state index contributed by atoms with van der Waals surface area (Å²) < 4.78 is 46.1. The quantitative estimate of drug-likeness (QED) is 0.394. The lowest BCUT2D eigenvalue weighted by molar-refractivity contribution is -0.137. The molecular formula is C26H21ClF3N3O2. The van der Waals surface area contributed by atoms with E-state index in [1.807, 2.05) is 24.0 Å². The van der Waals surface area contributed by atoms with Crippen molar-refractivity contribution >= 4 is 29.0 Å². The molecule has 3 aromatic carbocycles. The third-order valence-electron chi connectivity index (χ3n) is 6.08. The van der Waals surface area contributed by atoms with Crippen molar-refractivity contribution in [3.63, 3.8) is 0 Å². The minimum Gasteiger partial charge on any atom is -0.454 e. The molecule has 3 aromatic rings. The zero-order valence-corrected chi connectivity index (χ0v) is 19.5. The summed E-state index contributed by atoms with van der Waals surface area (Å²) in [5.74, 6) is 1.14. The Bertz CT molecular complexity index is 1330. The summed E-state index contributed by atoms with van der Waals surface area (Å²) in [6, 6.07) is 15.8. The number of carbonyl (C=O) groups excluding carboxylic acids is 1. The van der Waals surface area contributed by atoms with Crippen molar-refractivity contribution in [1.82, 2.24) is 9.80 Å². The number of halogens is 4. The lowest BCUT2D eigenvalue weighted by atomic mass is 10.1. The number of amides is 1. The maximum absolute atomic E-state index is 13.4. The van der Waals surface area contributed by atoms with Gasteiger partial charge in [0, 0.05) is 26.2 Å². The monoisotopic (exact) mass is 499 g/mol. The van der Waals surface area contributed by atoms with Crippen molar-refractivity contribution in [3.8, 4) is 11.5 Å². The number of nitrogens with zero attached hydrogens (tertiary/aromatic N) is 3. The number of carbonyl (C=O) groups is 1. The van der Waals surface area contributed by atoms with E-state index < -0.39 is 11.7 Å². The van der Waals surface area contributed by atoms with Gasteiger partial charge in [-0.15, -0.1) is 0 Å². The number of hydrogen-bond donors (Lipinski definition) is 0. The van der Waals surface area contributed by atoms with Crippen LogP contribution in [0.2, 0.25) is 5.02 Å². The van der Waals surface area contributed by atoms with Gasteiger partial charge in [0.25, 0.3) is 5.91 Å². The molecule has 1 amide bonds. The van der Waals surface area contributed by atoms with Gasteiger partial charge in [-0.05, 0) is 49.4 Å². The van der Waals surface area contributed by atoms with E-state index in [9.17, 15) is 18.0 Å². The van der Waals surface area contributed by atoms with Crippen LogP contribution in [-0.2, 0) is 6.18 Å². The number of piperazine rings is 1. The van der Waals surface area contributed by atoms with Crippen molar-refractivity contribution in [2.75, 3.05) is 26.2 Å². The van der Waals surface area contributed by atoms with Crippen LogP contribution in [-0.4, -0.2) is 47.7 Å². The number of ether oxygens (including phenoxy) is 1. The molecule has 0 aliphatic carbocycles. The van der Waals surface area contributed by atoms with Crippen molar-refractivity contribution in [2.24, 2.45) is 4.99 Å². The average molecular weight is 500 g/mol. The summed E-state index contributed by atoms with van der Waals surface area (Å²) in [7, 11) is 0. The van der Waals surface area contributed by atoms with Gasteiger partial charge in [0.2, 0.25) is 0 Å². The highest BCUT2D eigenvalue weighted by molar-refractivity contribution is 6.33. The first-order valence-electron chi connectivity index (χ1n) is 11.1. The standard InChI is InChI=1S/C26H21ClF3N3O2/c1-16-6-8-22-19(14-16)24(31-21-15-17(26(28,29)30)7-9-23(21)35-22)32-10-12-33(13-11-32)25(34)18-4-2-3-5-20(18)27/h2-9,14-15H,10-13H2,1H3. The molecule has 0 radical (unpaired) electrons. The van der Waals surface area contributed by atoms with Gasteiger partial charge in [-0.3, -0.25) is 4.79 Å². The van der Waals surface area contributed by atoms with Gasteiger partial charge in [0.1, 0.15) is 17.3 Å². The van der Waals surface area contributed by atoms with Gasteiger partial charge in [-0.25, -0.2) is 4.99 Å². The van der Waals surface area contributed by atoms with Gasteiger partial charge < -0.3 is 14.5 Å². The van der Waals surface area contributed by atoms with Gasteiger partial charge in [-0.2, -0.15) is 13.2 Å². The number of aryl methyl sites for hydroxylation is 1. The number of benzene rings is 3. The highest BCUT2D eigenvalue weighted by atomic mass is 35.5. The lowest BCUT2D eigenvalue weighted by Crippen LogP contribution is -2.50. The first-order valence-corrected chi connectivity index (χ1v) is 11.5. The summed E-state index contributed by atoms with van der Waals surface area (Å²) >= 11 is 6.20. The van der Waals surface area contributed by atoms with E-state index in [0.29, 0.717) is 53.9 Å². The van der Waals surface area contributed by atoms with Crippen LogP contribution in [0.15, 0.2) is 65.7 Å². The van der Waals surface area contributed by atoms with E-state index in [0.717, 1.165) is 17.7 Å². The van der Waals surface area contributed by atoms with Crippen LogP contribution in [0, 0.1) is 6.92 Å². The number of hydrogen-bond acceptors (Lipinski definition) is 4. The second-order valence-electron chi connectivity index (χ2n) is 8.48. The van der Waals surface area contributed by atoms with Crippen LogP contribution in [0.5, 0.6) is 11.5 Å². The molecule has 1 fully saturated rings. The van der Waals surface area contributed by atoms with Crippen LogP contribution in [0.3, 0.4) is 0 Å². The molecule has 2 aliphatic heterocycles. The van der Waals surface area contributed by atoms with E-state index in [1.54, 1.807) is 35.2 Å². The summed E-state index contributed by atoms with van der Waals surface area (Å²) in [6.07, 6.45) is -4.49. The first kappa shape index (κ1) is 23.2. The SMILES string of the molecule is Cc1ccc2c(c1)C(N1CCN(C(=O)c3ccccc3Cl)CC1)=Nc1cc(C(F)(F)F)ccc1O2. The molecular weight excluding hydrogens is 479 g/mol. The zero-order valence-electron chi connectivity index (χ0n) is 18.8. The van der Waals surface area contributed by atoms with E-state index in [4.69, 9.17) is 16.3 Å². The normalized spacial score (nSPS) is 15.5. The predicted octanol–water partition coefficient (Wildman–Crippen LogP) is 6.31. The molecule has 9 heteroatoms. The molecule has 180 valence electrons. The Labute approximate surface area is 205 Å². The minimum absolute atomic E-state index is 0.109. The van der Waals surface area contributed by atoms with Gasteiger partial charge >= 0.3 is 6.18 Å². The van der Waals surface area contributed by atoms with Gasteiger partial charge in [0.15, 0.2) is 5.75 Å². The van der Waals surface area contributed by atoms with Crippen molar-refractivity contribution in [2.45, 2.75) is 13.1 Å². The lowest BCUT2D eigenvalue weighted by Gasteiger charge is -2.36. The number of amidine groups is 1. The molecule has 35 heavy (non-hydrogen) atoms.